The van der Waals surface area contributed by atoms with Gasteiger partial charge in [0.25, 0.3) is 0 Å². The van der Waals surface area contributed by atoms with Gasteiger partial charge in [0.1, 0.15) is 17.0 Å². The van der Waals surface area contributed by atoms with Crippen molar-refractivity contribution in [1.82, 2.24) is 4.98 Å². The molecule has 0 saturated heterocycles. The van der Waals surface area contributed by atoms with E-state index in [9.17, 15) is 5.11 Å². The van der Waals surface area contributed by atoms with Crippen LogP contribution in [-0.4, -0.2) is 17.2 Å². The van der Waals surface area contributed by atoms with E-state index in [1.165, 1.54) is 0 Å². The fourth-order valence-electron chi connectivity index (χ4n) is 2.21. The SMILES string of the molecule is CCC(O)(Cc1ccccc1)c1ncccc1OC. The number of rotatable bonds is 5. The Morgan fingerprint density at radius 2 is 1.89 bits per heavy atom. The molecule has 0 aliphatic carbocycles. The van der Waals surface area contributed by atoms with E-state index in [1.807, 2.05) is 43.3 Å². The van der Waals surface area contributed by atoms with Crippen molar-refractivity contribution < 1.29 is 9.84 Å². The number of ether oxygens (including phenoxy) is 1. The normalized spacial score (nSPS) is 13.8. The number of pyridine rings is 1. The van der Waals surface area contributed by atoms with Crippen molar-refractivity contribution in [3.8, 4) is 5.75 Å². The highest BCUT2D eigenvalue weighted by Crippen LogP contribution is 2.33. The first-order valence-corrected chi connectivity index (χ1v) is 6.45. The van der Waals surface area contributed by atoms with Crippen LogP contribution < -0.4 is 4.74 Å². The average molecular weight is 257 g/mol. The fourth-order valence-corrected chi connectivity index (χ4v) is 2.21. The Kier molecular flexibility index (Phi) is 4.17. The number of methoxy groups -OCH3 is 1. The second-order valence-electron chi connectivity index (χ2n) is 4.60. The fraction of sp³-hybridized carbons (Fsp3) is 0.312. The van der Waals surface area contributed by atoms with Crippen LogP contribution in [0.2, 0.25) is 0 Å². The molecule has 2 rings (SSSR count). The van der Waals surface area contributed by atoms with E-state index in [0.717, 1.165) is 5.56 Å². The van der Waals surface area contributed by atoms with Gasteiger partial charge in [-0.2, -0.15) is 0 Å². The van der Waals surface area contributed by atoms with Gasteiger partial charge in [-0.15, -0.1) is 0 Å². The van der Waals surface area contributed by atoms with Crippen LogP contribution in [0.15, 0.2) is 48.7 Å². The predicted molar refractivity (Wildman–Crippen MR) is 75.1 cm³/mol. The first-order chi connectivity index (χ1) is 9.19. The van der Waals surface area contributed by atoms with Crippen LogP contribution in [0.1, 0.15) is 24.6 Å². The highest BCUT2D eigenvalue weighted by molar-refractivity contribution is 5.33. The molecule has 0 spiro atoms. The van der Waals surface area contributed by atoms with Crippen LogP contribution >= 0.6 is 0 Å². The van der Waals surface area contributed by atoms with Gasteiger partial charge in [-0.25, -0.2) is 0 Å². The molecule has 0 fully saturated rings. The van der Waals surface area contributed by atoms with Gasteiger partial charge in [0.2, 0.25) is 0 Å². The molecule has 19 heavy (non-hydrogen) atoms. The Hall–Kier alpha value is -1.87. The highest BCUT2D eigenvalue weighted by atomic mass is 16.5. The summed E-state index contributed by atoms with van der Waals surface area (Å²) in [7, 11) is 1.60. The number of hydrogen-bond acceptors (Lipinski definition) is 3. The number of hydrogen-bond donors (Lipinski definition) is 1. The molecule has 1 heterocycles. The molecule has 0 amide bonds. The molecule has 3 heteroatoms. The number of nitrogens with zero attached hydrogens (tertiary/aromatic N) is 1. The number of aromatic nitrogens is 1. The molecule has 2 aromatic rings. The number of aliphatic hydroxyl groups is 1. The van der Waals surface area contributed by atoms with Crippen molar-refractivity contribution >= 4 is 0 Å². The molecule has 1 aromatic heterocycles. The van der Waals surface area contributed by atoms with E-state index < -0.39 is 5.60 Å². The maximum Gasteiger partial charge on any atom is 0.143 e. The Balaban J connectivity index is 2.36. The van der Waals surface area contributed by atoms with Crippen molar-refractivity contribution in [3.63, 3.8) is 0 Å². The minimum atomic E-state index is -1.01. The zero-order valence-corrected chi connectivity index (χ0v) is 11.3. The summed E-state index contributed by atoms with van der Waals surface area (Å²) in [6.07, 6.45) is 2.79. The second-order valence-corrected chi connectivity index (χ2v) is 4.60. The van der Waals surface area contributed by atoms with Crippen LogP contribution in [0, 0.1) is 0 Å². The van der Waals surface area contributed by atoms with Crippen molar-refractivity contribution in [3.05, 3.63) is 59.9 Å². The van der Waals surface area contributed by atoms with Gasteiger partial charge in [0, 0.05) is 12.6 Å². The lowest BCUT2D eigenvalue weighted by Gasteiger charge is -2.27. The summed E-state index contributed by atoms with van der Waals surface area (Å²) < 4.78 is 5.31. The summed E-state index contributed by atoms with van der Waals surface area (Å²) in [5, 5.41) is 10.9. The maximum absolute atomic E-state index is 10.9. The minimum absolute atomic E-state index is 0.526. The Bertz CT molecular complexity index is 527. The molecule has 0 bridgehead atoms. The topological polar surface area (TPSA) is 42.4 Å². The van der Waals surface area contributed by atoms with Crippen LogP contribution in [0.5, 0.6) is 5.75 Å². The summed E-state index contributed by atoms with van der Waals surface area (Å²) in [5.41, 5.74) is 0.678. The monoisotopic (exact) mass is 257 g/mol. The second kappa shape index (κ2) is 5.85. The van der Waals surface area contributed by atoms with Gasteiger partial charge in [0.05, 0.1) is 7.11 Å². The van der Waals surface area contributed by atoms with Gasteiger partial charge in [0.15, 0.2) is 0 Å². The molecular weight excluding hydrogens is 238 g/mol. The van der Waals surface area contributed by atoms with Gasteiger partial charge >= 0.3 is 0 Å². The lowest BCUT2D eigenvalue weighted by atomic mass is 9.88. The van der Waals surface area contributed by atoms with Crippen LogP contribution in [0.25, 0.3) is 0 Å². The summed E-state index contributed by atoms with van der Waals surface area (Å²) in [5.74, 6) is 0.628. The molecule has 3 nitrogen and oxygen atoms in total. The lowest BCUT2D eigenvalue weighted by Crippen LogP contribution is -2.29. The smallest absolute Gasteiger partial charge is 0.143 e. The third-order valence-corrected chi connectivity index (χ3v) is 3.36. The summed E-state index contributed by atoms with van der Waals surface area (Å²) >= 11 is 0. The third kappa shape index (κ3) is 2.93. The lowest BCUT2D eigenvalue weighted by molar-refractivity contribution is 0.0258. The van der Waals surface area contributed by atoms with Gasteiger partial charge in [-0.05, 0) is 24.1 Å². The molecule has 0 aliphatic rings. The summed E-state index contributed by atoms with van der Waals surface area (Å²) in [6.45, 7) is 1.96. The van der Waals surface area contributed by atoms with Crippen molar-refractivity contribution in [2.45, 2.75) is 25.4 Å². The molecular formula is C16H19NO2. The molecule has 0 aliphatic heterocycles. The molecule has 0 radical (unpaired) electrons. The first-order valence-electron chi connectivity index (χ1n) is 6.45. The molecule has 1 aromatic carbocycles. The van der Waals surface area contributed by atoms with Crippen LogP contribution in [0.3, 0.4) is 0 Å². The molecule has 1 atom stereocenters. The zero-order chi connectivity index (χ0) is 13.7. The van der Waals surface area contributed by atoms with Gasteiger partial charge in [-0.3, -0.25) is 4.98 Å². The van der Waals surface area contributed by atoms with Crippen molar-refractivity contribution in [2.75, 3.05) is 7.11 Å². The van der Waals surface area contributed by atoms with Crippen molar-refractivity contribution in [2.24, 2.45) is 0 Å². The van der Waals surface area contributed by atoms with E-state index in [-0.39, 0.29) is 0 Å². The van der Waals surface area contributed by atoms with E-state index in [4.69, 9.17) is 4.74 Å². The molecule has 1 unspecified atom stereocenters. The standard InChI is InChI=1S/C16H19NO2/c1-3-16(18,12-13-8-5-4-6-9-13)15-14(19-2)10-7-11-17-15/h4-11,18H,3,12H2,1-2H3. The quantitative estimate of drug-likeness (QED) is 0.895. The van der Waals surface area contributed by atoms with E-state index >= 15 is 0 Å². The van der Waals surface area contributed by atoms with Crippen molar-refractivity contribution in [1.29, 1.82) is 0 Å². The van der Waals surface area contributed by atoms with E-state index in [0.29, 0.717) is 24.3 Å². The maximum atomic E-state index is 10.9. The molecule has 100 valence electrons. The van der Waals surface area contributed by atoms with Gasteiger partial charge in [-0.1, -0.05) is 37.3 Å². The Morgan fingerprint density at radius 3 is 2.53 bits per heavy atom. The highest BCUT2D eigenvalue weighted by Gasteiger charge is 2.32. The molecule has 1 N–H and O–H groups in total. The van der Waals surface area contributed by atoms with E-state index in [1.54, 1.807) is 19.4 Å². The summed E-state index contributed by atoms with van der Waals surface area (Å²) in [4.78, 5) is 4.31. The number of benzene rings is 1. The summed E-state index contributed by atoms with van der Waals surface area (Å²) in [6, 6.07) is 13.6. The third-order valence-electron chi connectivity index (χ3n) is 3.36. The Morgan fingerprint density at radius 1 is 1.16 bits per heavy atom. The van der Waals surface area contributed by atoms with E-state index in [2.05, 4.69) is 4.98 Å². The Labute approximate surface area is 113 Å². The minimum Gasteiger partial charge on any atom is -0.495 e. The zero-order valence-electron chi connectivity index (χ0n) is 11.3. The first kappa shape index (κ1) is 13.6. The van der Waals surface area contributed by atoms with Gasteiger partial charge < -0.3 is 9.84 Å². The predicted octanol–water partition coefficient (Wildman–Crippen LogP) is 2.93. The average Bonchev–Trinajstić information content (AvgIpc) is 2.48. The largest absolute Gasteiger partial charge is 0.495 e. The van der Waals surface area contributed by atoms with Crippen LogP contribution in [-0.2, 0) is 12.0 Å². The molecule has 0 saturated carbocycles. The van der Waals surface area contributed by atoms with Crippen LogP contribution in [0.4, 0.5) is 0 Å².